The number of aromatic nitrogens is 2. The van der Waals surface area contributed by atoms with Crippen LogP contribution in [0.15, 0.2) is 91.0 Å². The zero-order valence-corrected chi connectivity index (χ0v) is 28.8. The highest BCUT2D eigenvalue weighted by atomic mass is 31.2. The molecule has 0 amide bonds. The molecular formula is C38H42F3N4O3P. The average molecular weight is 691 g/mol. The molecule has 5 aromatic rings. The van der Waals surface area contributed by atoms with Crippen LogP contribution in [0.25, 0.3) is 22.4 Å². The number of nitrogens with one attached hydrogen (secondary N) is 1. The van der Waals surface area contributed by atoms with E-state index >= 15 is 0 Å². The number of benzene rings is 4. The zero-order chi connectivity index (χ0) is 34.2. The molecule has 49 heavy (non-hydrogen) atoms. The number of hydrogen-bond donors (Lipinski definition) is 1. The van der Waals surface area contributed by atoms with Crippen LogP contribution in [0.3, 0.4) is 0 Å². The van der Waals surface area contributed by atoms with E-state index in [1.54, 1.807) is 6.07 Å². The van der Waals surface area contributed by atoms with Crippen molar-refractivity contribution in [2.75, 3.05) is 39.4 Å². The fourth-order valence-electron chi connectivity index (χ4n) is 5.98. The number of para-hydroxylation sites is 1. The number of rotatable bonds is 14. The van der Waals surface area contributed by atoms with Crippen molar-refractivity contribution in [2.24, 2.45) is 0 Å². The maximum atomic E-state index is 13.2. The Labute approximate surface area is 286 Å². The van der Waals surface area contributed by atoms with Crippen LogP contribution in [0.5, 0.6) is 5.75 Å². The lowest BCUT2D eigenvalue weighted by Gasteiger charge is -2.35. The number of ether oxygens (including phenoxy) is 1. The lowest BCUT2D eigenvalue weighted by molar-refractivity contribution is -0.137. The summed E-state index contributed by atoms with van der Waals surface area (Å²) in [6.45, 7) is 11.1. The molecule has 1 saturated heterocycles. The molecule has 7 nitrogen and oxygen atoms in total. The van der Waals surface area contributed by atoms with E-state index < -0.39 is 20.1 Å². The number of halogens is 3. The van der Waals surface area contributed by atoms with Crippen molar-refractivity contribution in [1.29, 1.82) is 0 Å². The number of fused-ring (bicyclic) bond motifs is 1. The van der Waals surface area contributed by atoms with E-state index in [2.05, 4.69) is 56.2 Å². The predicted molar refractivity (Wildman–Crippen MR) is 188 cm³/mol. The average Bonchev–Trinajstić information content (AvgIpc) is 3.53. The van der Waals surface area contributed by atoms with Crippen molar-refractivity contribution >= 4 is 19.4 Å². The van der Waals surface area contributed by atoms with E-state index in [-0.39, 0.29) is 0 Å². The highest BCUT2D eigenvalue weighted by Crippen LogP contribution is 2.42. The predicted octanol–water partition coefficient (Wildman–Crippen LogP) is 9.03. The summed E-state index contributed by atoms with van der Waals surface area (Å²) in [4.78, 5) is 12.7. The molecule has 0 radical (unpaired) electrons. The zero-order valence-electron chi connectivity index (χ0n) is 27.9. The Morgan fingerprint density at radius 1 is 0.755 bits per heavy atom. The largest absolute Gasteiger partial charge is 0.489 e. The van der Waals surface area contributed by atoms with Crippen LogP contribution in [0.4, 0.5) is 13.2 Å². The van der Waals surface area contributed by atoms with E-state index in [0.717, 1.165) is 85.5 Å². The van der Waals surface area contributed by atoms with Crippen LogP contribution in [0.2, 0.25) is 0 Å². The number of imidazole rings is 1. The van der Waals surface area contributed by atoms with Gasteiger partial charge in [-0.05, 0) is 60.9 Å². The third kappa shape index (κ3) is 9.47. The van der Waals surface area contributed by atoms with Crippen LogP contribution in [-0.2, 0) is 41.1 Å². The molecule has 1 aliphatic rings. The summed E-state index contributed by atoms with van der Waals surface area (Å²) < 4.78 is 57.5. The summed E-state index contributed by atoms with van der Waals surface area (Å²) >= 11 is 0. The highest BCUT2D eigenvalue weighted by molar-refractivity contribution is 7.46. The van der Waals surface area contributed by atoms with Gasteiger partial charge < -0.3 is 18.8 Å². The second-order valence-corrected chi connectivity index (χ2v) is 13.6. The van der Waals surface area contributed by atoms with Gasteiger partial charge in [0.15, 0.2) is 8.38 Å². The summed E-state index contributed by atoms with van der Waals surface area (Å²) in [6, 6.07) is 28.0. The van der Waals surface area contributed by atoms with E-state index in [9.17, 15) is 13.2 Å². The van der Waals surface area contributed by atoms with Crippen LogP contribution < -0.4 is 4.74 Å². The normalized spacial score (nSPS) is 14.6. The Morgan fingerprint density at radius 2 is 1.43 bits per heavy atom. The molecule has 0 saturated carbocycles. The number of aromatic amines is 1. The summed E-state index contributed by atoms with van der Waals surface area (Å²) in [7, 11) is -0.906. The van der Waals surface area contributed by atoms with Crippen LogP contribution in [0, 0.1) is 0 Å². The molecule has 4 aromatic carbocycles. The minimum Gasteiger partial charge on any atom is -0.489 e. The first-order valence-electron chi connectivity index (χ1n) is 16.7. The van der Waals surface area contributed by atoms with Crippen molar-refractivity contribution in [3.8, 4) is 17.1 Å². The lowest BCUT2D eigenvalue weighted by Crippen LogP contribution is -2.45. The molecule has 0 unspecified atom stereocenters. The van der Waals surface area contributed by atoms with Gasteiger partial charge in [-0.1, -0.05) is 60.7 Å². The standard InChI is InChI=1S/C38H42F3N4O3P/c1-3-47-49(48-4-2)27-29-14-12-28(13-15-29)26-46-36-11-6-5-8-32(36)25-45-20-18-44(19-21-45)24-30-16-17-34-35(22-30)43-37(42-34)31-9-7-10-33(23-31)38(39,40)41/h5-17,22-23H,3-4,18-21,24-27H2,1-2H3,(H,42,43). The first-order chi connectivity index (χ1) is 23.8. The molecule has 1 fully saturated rings. The smallest absolute Gasteiger partial charge is 0.416 e. The van der Waals surface area contributed by atoms with Gasteiger partial charge in [-0.25, -0.2) is 4.98 Å². The molecule has 1 N–H and O–H groups in total. The Morgan fingerprint density at radius 3 is 2.14 bits per heavy atom. The van der Waals surface area contributed by atoms with Crippen molar-refractivity contribution in [3.05, 3.63) is 119 Å². The maximum absolute atomic E-state index is 13.2. The molecule has 6 rings (SSSR count). The molecular weight excluding hydrogens is 648 g/mol. The van der Waals surface area contributed by atoms with E-state index in [4.69, 9.17) is 13.8 Å². The minimum atomic E-state index is -4.40. The Balaban J connectivity index is 1.00. The number of H-pyrrole nitrogens is 1. The second-order valence-electron chi connectivity index (χ2n) is 12.1. The minimum absolute atomic E-state index is 0.412. The molecule has 2 heterocycles. The van der Waals surface area contributed by atoms with Crippen molar-refractivity contribution in [1.82, 2.24) is 19.8 Å². The molecule has 0 spiro atoms. The van der Waals surface area contributed by atoms with Gasteiger partial charge in [0.05, 0.1) is 29.8 Å². The van der Waals surface area contributed by atoms with Gasteiger partial charge in [0, 0.05) is 56.6 Å². The molecule has 258 valence electrons. The number of piperazine rings is 1. The second kappa shape index (κ2) is 16.3. The summed E-state index contributed by atoms with van der Waals surface area (Å²) in [5.74, 6) is 1.33. The molecule has 1 aromatic heterocycles. The number of nitrogens with zero attached hydrogens (tertiary/aromatic N) is 3. The quantitative estimate of drug-likeness (QED) is 0.117. The first kappa shape index (κ1) is 35.1. The Kier molecular flexibility index (Phi) is 11.6. The van der Waals surface area contributed by atoms with Gasteiger partial charge >= 0.3 is 6.18 Å². The van der Waals surface area contributed by atoms with E-state index in [1.165, 1.54) is 17.2 Å². The topological polar surface area (TPSA) is 62.9 Å². The van der Waals surface area contributed by atoms with Crippen molar-refractivity contribution in [3.63, 3.8) is 0 Å². The summed E-state index contributed by atoms with van der Waals surface area (Å²) in [5.41, 5.74) is 5.89. The Bertz CT molecular complexity index is 1800. The highest BCUT2D eigenvalue weighted by Gasteiger charge is 2.30. The number of hydrogen-bond acceptors (Lipinski definition) is 6. The third-order valence-corrected chi connectivity index (χ3v) is 10.2. The van der Waals surface area contributed by atoms with Gasteiger partial charge in [-0.3, -0.25) is 9.80 Å². The molecule has 0 atom stereocenters. The molecule has 0 bridgehead atoms. The fraction of sp³-hybridized carbons (Fsp3) is 0.342. The number of alkyl halides is 3. The Hall–Kier alpha value is -3.79. The van der Waals surface area contributed by atoms with Gasteiger partial charge in [0.2, 0.25) is 0 Å². The van der Waals surface area contributed by atoms with Crippen LogP contribution >= 0.6 is 8.38 Å². The lowest BCUT2D eigenvalue weighted by atomic mass is 10.1. The molecule has 0 aliphatic carbocycles. The van der Waals surface area contributed by atoms with Crippen molar-refractivity contribution < 1.29 is 27.0 Å². The van der Waals surface area contributed by atoms with Gasteiger partial charge in [0.25, 0.3) is 0 Å². The van der Waals surface area contributed by atoms with Crippen LogP contribution in [-0.4, -0.2) is 59.2 Å². The van der Waals surface area contributed by atoms with Gasteiger partial charge in [-0.2, -0.15) is 13.2 Å². The fourth-order valence-corrected chi connectivity index (χ4v) is 7.32. The maximum Gasteiger partial charge on any atom is 0.416 e. The summed E-state index contributed by atoms with van der Waals surface area (Å²) in [6.07, 6.45) is -3.62. The summed E-state index contributed by atoms with van der Waals surface area (Å²) in [5, 5.41) is 0. The SMILES string of the molecule is CCOP(Cc1ccc(COc2ccccc2CN2CCN(Cc3ccc4nc(-c5cccc(C(F)(F)F)c5)[nH]c4c3)CC2)cc1)OCC. The van der Waals surface area contributed by atoms with E-state index in [1.807, 2.05) is 44.2 Å². The first-order valence-corrected chi connectivity index (χ1v) is 18.1. The molecule has 1 aliphatic heterocycles. The molecule has 11 heteroatoms. The van der Waals surface area contributed by atoms with E-state index in [0.29, 0.717) is 31.2 Å². The van der Waals surface area contributed by atoms with Crippen molar-refractivity contribution in [2.45, 2.75) is 45.9 Å². The van der Waals surface area contributed by atoms with Gasteiger partial charge in [-0.15, -0.1) is 0 Å². The third-order valence-electron chi connectivity index (χ3n) is 8.52. The monoisotopic (exact) mass is 690 g/mol. The van der Waals surface area contributed by atoms with Gasteiger partial charge in [0.1, 0.15) is 18.2 Å². The van der Waals surface area contributed by atoms with Crippen LogP contribution in [0.1, 0.15) is 41.7 Å².